The lowest BCUT2D eigenvalue weighted by Crippen LogP contribution is -2.33. The van der Waals surface area contributed by atoms with Crippen molar-refractivity contribution in [1.82, 2.24) is 19.9 Å². The number of hydrogen-bond acceptors (Lipinski definition) is 6. The lowest BCUT2D eigenvalue weighted by molar-refractivity contribution is 0.660. The molecule has 0 saturated heterocycles. The van der Waals surface area contributed by atoms with E-state index < -0.39 is 6.17 Å². The molecule has 82 valence electrons. The molecular weight excluding hydrogens is 204 g/mol. The molecule has 0 aliphatic heterocycles. The third-order valence-electron chi connectivity index (χ3n) is 2.17. The summed E-state index contributed by atoms with van der Waals surface area (Å²) < 4.78 is 0. The van der Waals surface area contributed by atoms with Crippen molar-refractivity contribution in [3.05, 3.63) is 42.7 Å². The van der Waals surface area contributed by atoms with Gasteiger partial charge < -0.3 is 10.6 Å². The molecule has 0 bridgehead atoms. The lowest BCUT2D eigenvalue weighted by atomic mass is 10.3. The highest BCUT2D eigenvalue weighted by Crippen LogP contribution is 2.14. The number of aromatic nitrogens is 4. The summed E-state index contributed by atoms with van der Waals surface area (Å²) in [6, 6.07) is 1.76. The summed E-state index contributed by atoms with van der Waals surface area (Å²) in [5.41, 5.74) is 6.69. The van der Waals surface area contributed by atoms with Gasteiger partial charge in [0.2, 0.25) is 5.95 Å². The molecule has 0 aromatic carbocycles. The van der Waals surface area contributed by atoms with Crippen LogP contribution in [0, 0.1) is 0 Å². The van der Waals surface area contributed by atoms with Crippen molar-refractivity contribution in [2.75, 3.05) is 11.9 Å². The molecule has 1 atom stereocenters. The molecule has 6 nitrogen and oxygen atoms in total. The van der Waals surface area contributed by atoms with Gasteiger partial charge in [0.1, 0.15) is 6.17 Å². The van der Waals surface area contributed by atoms with E-state index in [0.717, 1.165) is 0 Å². The Labute approximate surface area is 93.2 Å². The number of nitrogens with zero attached hydrogens (tertiary/aromatic N) is 5. The fourth-order valence-electron chi connectivity index (χ4n) is 1.26. The normalized spacial score (nSPS) is 12.1. The van der Waals surface area contributed by atoms with E-state index in [4.69, 9.17) is 5.73 Å². The number of anilines is 1. The van der Waals surface area contributed by atoms with Gasteiger partial charge in [-0.05, 0) is 6.07 Å². The van der Waals surface area contributed by atoms with Gasteiger partial charge in [-0.3, -0.25) is 9.97 Å². The molecule has 0 radical (unpaired) electrons. The second-order valence-electron chi connectivity index (χ2n) is 3.23. The Kier molecular flexibility index (Phi) is 3.02. The molecule has 0 aliphatic rings. The van der Waals surface area contributed by atoms with E-state index in [1.165, 1.54) is 0 Å². The van der Waals surface area contributed by atoms with Gasteiger partial charge in [-0.25, -0.2) is 9.97 Å². The Balaban J connectivity index is 2.20. The highest BCUT2D eigenvalue weighted by atomic mass is 15.3. The molecule has 0 spiro atoms. The maximum absolute atomic E-state index is 6.01. The van der Waals surface area contributed by atoms with Crippen molar-refractivity contribution in [1.29, 1.82) is 0 Å². The Morgan fingerprint density at radius 3 is 2.50 bits per heavy atom. The van der Waals surface area contributed by atoms with Crippen LogP contribution in [-0.2, 0) is 0 Å². The van der Waals surface area contributed by atoms with Crippen LogP contribution in [0.1, 0.15) is 11.9 Å². The number of nitrogens with two attached hydrogens (primary N) is 1. The third kappa shape index (κ3) is 2.12. The van der Waals surface area contributed by atoms with Crippen molar-refractivity contribution in [3.8, 4) is 0 Å². The topological polar surface area (TPSA) is 80.8 Å². The molecule has 2 rings (SSSR count). The van der Waals surface area contributed by atoms with E-state index in [9.17, 15) is 0 Å². The van der Waals surface area contributed by atoms with Crippen LogP contribution in [0.4, 0.5) is 5.95 Å². The van der Waals surface area contributed by atoms with Crippen LogP contribution < -0.4 is 10.6 Å². The average molecular weight is 216 g/mol. The van der Waals surface area contributed by atoms with Crippen LogP contribution in [0.2, 0.25) is 0 Å². The molecule has 0 fully saturated rings. The average Bonchev–Trinajstić information content (AvgIpc) is 2.39. The zero-order valence-corrected chi connectivity index (χ0v) is 8.85. The van der Waals surface area contributed by atoms with E-state index in [0.29, 0.717) is 11.6 Å². The predicted molar refractivity (Wildman–Crippen MR) is 59.4 cm³/mol. The smallest absolute Gasteiger partial charge is 0.226 e. The first-order valence-corrected chi connectivity index (χ1v) is 4.80. The summed E-state index contributed by atoms with van der Waals surface area (Å²) in [4.78, 5) is 18.1. The molecule has 2 aromatic heterocycles. The Morgan fingerprint density at radius 1 is 1.12 bits per heavy atom. The molecule has 2 heterocycles. The van der Waals surface area contributed by atoms with Gasteiger partial charge in [-0.1, -0.05) is 0 Å². The van der Waals surface area contributed by atoms with Crippen molar-refractivity contribution < 1.29 is 0 Å². The van der Waals surface area contributed by atoms with Crippen LogP contribution in [0.5, 0.6) is 0 Å². The van der Waals surface area contributed by atoms with Crippen molar-refractivity contribution >= 4 is 5.95 Å². The number of rotatable bonds is 3. The summed E-state index contributed by atoms with van der Waals surface area (Å²) >= 11 is 0. The minimum Gasteiger partial charge on any atom is -0.323 e. The molecular formula is C10H12N6. The first-order valence-electron chi connectivity index (χ1n) is 4.80. The van der Waals surface area contributed by atoms with Gasteiger partial charge in [0.25, 0.3) is 0 Å². The van der Waals surface area contributed by atoms with Crippen LogP contribution in [-0.4, -0.2) is 27.0 Å². The van der Waals surface area contributed by atoms with Crippen molar-refractivity contribution in [3.63, 3.8) is 0 Å². The van der Waals surface area contributed by atoms with E-state index in [1.807, 2.05) is 7.05 Å². The summed E-state index contributed by atoms with van der Waals surface area (Å²) in [6.07, 6.45) is 7.77. The summed E-state index contributed by atoms with van der Waals surface area (Å²) in [7, 11) is 1.81. The summed E-state index contributed by atoms with van der Waals surface area (Å²) in [5, 5.41) is 0. The highest BCUT2D eigenvalue weighted by Gasteiger charge is 2.15. The fourth-order valence-corrected chi connectivity index (χ4v) is 1.26. The minimum atomic E-state index is -0.406. The zero-order chi connectivity index (χ0) is 11.4. The first kappa shape index (κ1) is 10.4. The van der Waals surface area contributed by atoms with E-state index in [1.54, 1.807) is 42.0 Å². The Bertz CT molecular complexity index is 388. The van der Waals surface area contributed by atoms with Gasteiger partial charge in [0.05, 0.1) is 11.9 Å². The largest absolute Gasteiger partial charge is 0.323 e. The van der Waals surface area contributed by atoms with Gasteiger partial charge in [-0.2, -0.15) is 0 Å². The second-order valence-corrected chi connectivity index (χ2v) is 3.23. The van der Waals surface area contributed by atoms with Crippen LogP contribution in [0.15, 0.2) is 37.1 Å². The Morgan fingerprint density at radius 2 is 1.88 bits per heavy atom. The maximum atomic E-state index is 6.01. The van der Waals surface area contributed by atoms with Crippen LogP contribution >= 0.6 is 0 Å². The van der Waals surface area contributed by atoms with Crippen molar-refractivity contribution in [2.24, 2.45) is 5.73 Å². The molecule has 6 heteroatoms. The van der Waals surface area contributed by atoms with Gasteiger partial charge in [0, 0.05) is 31.8 Å². The molecule has 0 aliphatic carbocycles. The van der Waals surface area contributed by atoms with Crippen LogP contribution in [0.3, 0.4) is 0 Å². The first-order chi connectivity index (χ1) is 7.79. The summed E-state index contributed by atoms with van der Waals surface area (Å²) in [6.45, 7) is 0. The zero-order valence-electron chi connectivity index (χ0n) is 8.85. The quantitative estimate of drug-likeness (QED) is 0.746. The monoisotopic (exact) mass is 216 g/mol. The van der Waals surface area contributed by atoms with Crippen molar-refractivity contribution in [2.45, 2.75) is 6.17 Å². The van der Waals surface area contributed by atoms with Gasteiger partial charge in [-0.15, -0.1) is 0 Å². The van der Waals surface area contributed by atoms with E-state index >= 15 is 0 Å². The van der Waals surface area contributed by atoms with Crippen LogP contribution in [0.25, 0.3) is 0 Å². The molecule has 2 N–H and O–H groups in total. The maximum Gasteiger partial charge on any atom is 0.226 e. The number of hydrogen-bond donors (Lipinski definition) is 1. The molecule has 0 amide bonds. The summed E-state index contributed by atoms with van der Waals surface area (Å²) in [5.74, 6) is 0.556. The Hall–Kier alpha value is -2.08. The van der Waals surface area contributed by atoms with E-state index in [-0.39, 0.29) is 0 Å². The minimum absolute atomic E-state index is 0.406. The molecule has 0 saturated carbocycles. The fraction of sp³-hybridized carbons (Fsp3) is 0.200. The standard InChI is InChI=1S/C10H12N6/c1-16(10-14-3-2-4-15-10)9(11)8-7-12-5-6-13-8/h2-7,9H,11H2,1H3. The SMILES string of the molecule is CN(c1ncccn1)C(N)c1cnccn1. The van der Waals surface area contributed by atoms with E-state index in [2.05, 4.69) is 19.9 Å². The molecule has 2 aromatic rings. The molecule has 16 heavy (non-hydrogen) atoms. The predicted octanol–water partition coefficient (Wildman–Crippen LogP) is 0.360. The lowest BCUT2D eigenvalue weighted by Gasteiger charge is -2.23. The molecule has 1 unspecified atom stereocenters. The second kappa shape index (κ2) is 4.63. The highest BCUT2D eigenvalue weighted by molar-refractivity contribution is 5.30. The third-order valence-corrected chi connectivity index (χ3v) is 2.17. The van der Waals surface area contributed by atoms with Gasteiger partial charge >= 0.3 is 0 Å². The van der Waals surface area contributed by atoms with Gasteiger partial charge in [0.15, 0.2) is 0 Å².